The van der Waals surface area contributed by atoms with Crippen LogP contribution in [0.1, 0.15) is 18.9 Å². The molecule has 0 atom stereocenters. The zero-order valence-corrected chi connectivity index (χ0v) is 11.5. The minimum atomic E-state index is 0.423. The van der Waals surface area contributed by atoms with Gasteiger partial charge in [0.05, 0.1) is 12.4 Å². The average Bonchev–Trinajstić information content (AvgIpc) is 2.43. The summed E-state index contributed by atoms with van der Waals surface area (Å²) in [5, 5.41) is 3.87. The Morgan fingerprint density at radius 2 is 2.21 bits per heavy atom. The quantitative estimate of drug-likeness (QED) is 0.877. The Morgan fingerprint density at radius 3 is 3.00 bits per heavy atom. The summed E-state index contributed by atoms with van der Waals surface area (Å²) in [6, 6.07) is 7.55. The van der Waals surface area contributed by atoms with E-state index in [0.717, 1.165) is 24.3 Å². The highest BCUT2D eigenvalue weighted by Gasteiger charge is 2.00. The van der Waals surface area contributed by atoms with Gasteiger partial charge in [0.2, 0.25) is 5.88 Å². The molecule has 19 heavy (non-hydrogen) atoms. The Kier molecular flexibility index (Phi) is 4.98. The summed E-state index contributed by atoms with van der Waals surface area (Å²) in [5.74, 6) is 1.23. The van der Waals surface area contributed by atoms with Gasteiger partial charge in [0.25, 0.3) is 0 Å². The molecule has 1 N–H and O–H groups in total. The highest BCUT2D eigenvalue weighted by molar-refractivity contribution is 6.30. The number of halogens is 1. The van der Waals surface area contributed by atoms with Crippen LogP contribution in [0.4, 0.5) is 5.82 Å². The lowest BCUT2D eigenvalue weighted by molar-refractivity contribution is 0.293. The van der Waals surface area contributed by atoms with E-state index >= 15 is 0 Å². The van der Waals surface area contributed by atoms with Crippen LogP contribution in [0.2, 0.25) is 5.02 Å². The zero-order valence-electron chi connectivity index (χ0n) is 10.8. The molecule has 0 saturated heterocycles. The molecule has 100 valence electrons. The number of hydrogen-bond donors (Lipinski definition) is 1. The lowest BCUT2D eigenvalue weighted by Crippen LogP contribution is -2.04. The largest absolute Gasteiger partial charge is 0.472 e. The summed E-state index contributed by atoms with van der Waals surface area (Å²) in [7, 11) is 0. The second kappa shape index (κ2) is 6.95. The van der Waals surface area contributed by atoms with Gasteiger partial charge in [0, 0.05) is 11.6 Å². The minimum Gasteiger partial charge on any atom is -0.472 e. The monoisotopic (exact) mass is 277 g/mol. The molecule has 2 rings (SSSR count). The van der Waals surface area contributed by atoms with Crippen molar-refractivity contribution in [2.24, 2.45) is 0 Å². The van der Waals surface area contributed by atoms with Gasteiger partial charge in [-0.2, -0.15) is 4.98 Å². The molecule has 4 nitrogen and oxygen atoms in total. The second-order valence-corrected chi connectivity index (χ2v) is 4.52. The maximum absolute atomic E-state index is 5.92. The van der Waals surface area contributed by atoms with Gasteiger partial charge >= 0.3 is 0 Å². The Balaban J connectivity index is 1.95. The predicted octanol–water partition coefficient (Wildman–Crippen LogP) is 3.53. The molecule has 0 aliphatic rings. The molecule has 0 saturated carbocycles. The number of benzene rings is 1. The van der Waals surface area contributed by atoms with Crippen molar-refractivity contribution >= 4 is 17.4 Å². The summed E-state index contributed by atoms with van der Waals surface area (Å²) >= 11 is 5.92. The Morgan fingerprint density at radius 1 is 1.32 bits per heavy atom. The highest BCUT2D eigenvalue weighted by atomic mass is 35.5. The van der Waals surface area contributed by atoms with Crippen LogP contribution < -0.4 is 10.1 Å². The smallest absolute Gasteiger partial charge is 0.234 e. The van der Waals surface area contributed by atoms with Crippen LogP contribution in [0, 0.1) is 0 Å². The molecular formula is C14H16ClN3O. The molecule has 0 radical (unpaired) electrons. The average molecular weight is 278 g/mol. The molecule has 0 unspecified atom stereocenters. The van der Waals surface area contributed by atoms with Gasteiger partial charge < -0.3 is 10.1 Å². The van der Waals surface area contributed by atoms with E-state index in [-0.39, 0.29) is 0 Å². The third-order valence-corrected chi connectivity index (χ3v) is 2.68. The highest BCUT2D eigenvalue weighted by Crippen LogP contribution is 2.14. The van der Waals surface area contributed by atoms with Gasteiger partial charge in [0.15, 0.2) is 0 Å². The number of ether oxygens (including phenoxy) is 1. The van der Waals surface area contributed by atoms with Gasteiger partial charge in [-0.1, -0.05) is 30.7 Å². The van der Waals surface area contributed by atoms with Gasteiger partial charge in [-0.3, -0.25) is 4.98 Å². The SMILES string of the molecule is CCCNc1cncc(OCc2cccc(Cl)c2)n1. The van der Waals surface area contributed by atoms with Gasteiger partial charge in [-0.05, 0) is 24.1 Å². The van der Waals surface area contributed by atoms with Crippen LogP contribution in [0.25, 0.3) is 0 Å². The standard InChI is InChI=1S/C14H16ClN3O/c1-2-6-17-13-8-16-9-14(18-13)19-10-11-4-3-5-12(15)7-11/h3-5,7-9H,2,6,10H2,1H3,(H,17,18). The third kappa shape index (κ3) is 4.41. The van der Waals surface area contributed by atoms with Crippen molar-refractivity contribution in [3.63, 3.8) is 0 Å². The maximum atomic E-state index is 5.92. The summed E-state index contributed by atoms with van der Waals surface area (Å²) in [6.45, 7) is 3.39. The molecule has 1 aromatic heterocycles. The van der Waals surface area contributed by atoms with Crippen molar-refractivity contribution in [3.05, 3.63) is 47.2 Å². The molecule has 0 amide bonds. The fourth-order valence-corrected chi connectivity index (χ4v) is 1.75. The first-order valence-corrected chi connectivity index (χ1v) is 6.59. The van der Waals surface area contributed by atoms with Crippen LogP contribution in [-0.2, 0) is 6.61 Å². The fraction of sp³-hybridized carbons (Fsp3) is 0.286. The minimum absolute atomic E-state index is 0.423. The van der Waals surface area contributed by atoms with E-state index in [9.17, 15) is 0 Å². The van der Waals surface area contributed by atoms with Crippen molar-refractivity contribution in [2.45, 2.75) is 20.0 Å². The molecule has 0 bridgehead atoms. The van der Waals surface area contributed by atoms with Crippen LogP contribution in [0.3, 0.4) is 0 Å². The van der Waals surface area contributed by atoms with Crippen molar-refractivity contribution in [1.29, 1.82) is 0 Å². The number of hydrogen-bond acceptors (Lipinski definition) is 4. The zero-order chi connectivity index (χ0) is 13.5. The number of anilines is 1. The summed E-state index contributed by atoms with van der Waals surface area (Å²) in [4.78, 5) is 8.41. The predicted molar refractivity (Wildman–Crippen MR) is 76.6 cm³/mol. The summed E-state index contributed by atoms with van der Waals surface area (Å²) in [5.41, 5.74) is 1.00. The first-order chi connectivity index (χ1) is 9.28. The van der Waals surface area contributed by atoms with Crippen molar-refractivity contribution in [3.8, 4) is 5.88 Å². The van der Waals surface area contributed by atoms with Gasteiger partial charge in [-0.25, -0.2) is 0 Å². The Bertz CT molecular complexity index is 534. The third-order valence-electron chi connectivity index (χ3n) is 2.44. The molecule has 5 heteroatoms. The molecule has 0 aliphatic heterocycles. The molecule has 0 fully saturated rings. The first kappa shape index (κ1) is 13.6. The Hall–Kier alpha value is -1.81. The molecule has 2 aromatic rings. The topological polar surface area (TPSA) is 47.0 Å². The van der Waals surface area contributed by atoms with E-state index in [0.29, 0.717) is 17.5 Å². The lowest BCUT2D eigenvalue weighted by atomic mass is 10.2. The lowest BCUT2D eigenvalue weighted by Gasteiger charge is -2.07. The molecular weight excluding hydrogens is 262 g/mol. The van der Waals surface area contributed by atoms with Gasteiger partial charge in [0.1, 0.15) is 12.4 Å². The van der Waals surface area contributed by atoms with E-state index in [1.807, 2.05) is 24.3 Å². The molecule has 1 aromatic carbocycles. The van der Waals surface area contributed by atoms with Gasteiger partial charge in [-0.15, -0.1) is 0 Å². The number of rotatable bonds is 6. The first-order valence-electron chi connectivity index (χ1n) is 6.21. The summed E-state index contributed by atoms with van der Waals surface area (Å²) in [6.07, 6.45) is 4.32. The van der Waals surface area contributed by atoms with Crippen LogP contribution in [-0.4, -0.2) is 16.5 Å². The Labute approximate surface area is 117 Å². The maximum Gasteiger partial charge on any atom is 0.234 e. The number of aromatic nitrogens is 2. The molecule has 0 aliphatic carbocycles. The molecule has 0 spiro atoms. The van der Waals surface area contributed by atoms with E-state index in [1.165, 1.54) is 0 Å². The molecule has 1 heterocycles. The number of nitrogens with one attached hydrogen (secondary N) is 1. The van der Waals surface area contributed by atoms with E-state index in [1.54, 1.807) is 12.4 Å². The van der Waals surface area contributed by atoms with E-state index in [2.05, 4.69) is 22.2 Å². The van der Waals surface area contributed by atoms with Crippen LogP contribution in [0.5, 0.6) is 5.88 Å². The van der Waals surface area contributed by atoms with Crippen molar-refractivity contribution in [2.75, 3.05) is 11.9 Å². The number of nitrogens with zero attached hydrogens (tertiary/aromatic N) is 2. The normalized spacial score (nSPS) is 10.2. The van der Waals surface area contributed by atoms with Crippen LogP contribution in [0.15, 0.2) is 36.7 Å². The van der Waals surface area contributed by atoms with Crippen molar-refractivity contribution in [1.82, 2.24) is 9.97 Å². The van der Waals surface area contributed by atoms with E-state index in [4.69, 9.17) is 16.3 Å². The fourth-order valence-electron chi connectivity index (χ4n) is 1.54. The second-order valence-electron chi connectivity index (χ2n) is 4.09. The van der Waals surface area contributed by atoms with Crippen LogP contribution >= 0.6 is 11.6 Å². The summed E-state index contributed by atoms with van der Waals surface area (Å²) < 4.78 is 5.60. The van der Waals surface area contributed by atoms with Crippen molar-refractivity contribution < 1.29 is 4.74 Å². The van der Waals surface area contributed by atoms with E-state index < -0.39 is 0 Å².